The monoisotopic (exact) mass is 354 g/mol. The minimum Gasteiger partial charge on any atom is -0.233 e. The molecule has 0 saturated carbocycles. The number of hydrogen-bond acceptors (Lipinski definition) is 3. The first-order valence-corrected chi connectivity index (χ1v) is 8.64. The minimum absolute atomic E-state index is 0.282. The van der Waals surface area contributed by atoms with Gasteiger partial charge in [-0.2, -0.15) is 4.52 Å². The molecule has 2 aromatic heterocycles. The maximum Gasteiger partial charge on any atom is 0.182 e. The van der Waals surface area contributed by atoms with Gasteiger partial charge in [0.2, 0.25) is 0 Å². The van der Waals surface area contributed by atoms with Crippen molar-refractivity contribution >= 4 is 28.2 Å². The van der Waals surface area contributed by atoms with Gasteiger partial charge in [0.15, 0.2) is 11.5 Å². The lowest BCUT2D eigenvalue weighted by molar-refractivity contribution is 0.628. The molecule has 4 rings (SSSR count). The highest BCUT2D eigenvalue weighted by Crippen LogP contribution is 2.25. The lowest BCUT2D eigenvalue weighted by Crippen LogP contribution is -2.03. The summed E-state index contributed by atoms with van der Waals surface area (Å²) in [6.45, 7) is 2.14. The van der Waals surface area contributed by atoms with E-state index in [-0.39, 0.29) is 5.82 Å². The number of hydrogen-bond donors (Lipinski definition) is 0. The van der Waals surface area contributed by atoms with Gasteiger partial charge in [-0.1, -0.05) is 24.9 Å². The number of rotatable bonds is 4. The van der Waals surface area contributed by atoms with Crippen LogP contribution in [0, 0.1) is 5.82 Å². The van der Waals surface area contributed by atoms with Crippen molar-refractivity contribution in [2.24, 2.45) is 0 Å². The first-order chi connectivity index (χ1) is 12.2. The molecule has 0 N–H and O–H groups in total. The van der Waals surface area contributed by atoms with Crippen molar-refractivity contribution in [2.45, 2.75) is 26.2 Å². The smallest absolute Gasteiger partial charge is 0.182 e. The number of unbranched alkanes of at least 4 members (excludes halogenated alkanes) is 1. The van der Waals surface area contributed by atoms with Crippen LogP contribution in [0.4, 0.5) is 4.39 Å². The van der Waals surface area contributed by atoms with E-state index in [1.165, 1.54) is 12.1 Å². The zero-order valence-electron chi connectivity index (χ0n) is 13.7. The predicted molar refractivity (Wildman–Crippen MR) is 97.3 cm³/mol. The molecule has 0 spiro atoms. The van der Waals surface area contributed by atoms with Gasteiger partial charge in [0.25, 0.3) is 0 Å². The van der Waals surface area contributed by atoms with Crippen LogP contribution in [0.3, 0.4) is 0 Å². The van der Waals surface area contributed by atoms with Crippen LogP contribution in [-0.4, -0.2) is 19.6 Å². The molecule has 4 aromatic rings. The average Bonchev–Trinajstić information content (AvgIpc) is 3.06. The normalized spacial score (nSPS) is 11.5. The summed E-state index contributed by atoms with van der Waals surface area (Å²) in [5.41, 5.74) is 2.33. The second kappa shape index (κ2) is 6.41. The Labute approximate surface area is 149 Å². The summed E-state index contributed by atoms with van der Waals surface area (Å²) < 4.78 is 15.0. The second-order valence-corrected chi connectivity index (χ2v) is 6.41. The molecule has 4 nitrogen and oxygen atoms in total. The highest BCUT2D eigenvalue weighted by Gasteiger charge is 2.14. The largest absolute Gasteiger partial charge is 0.233 e. The van der Waals surface area contributed by atoms with Crippen molar-refractivity contribution < 1.29 is 4.39 Å². The first kappa shape index (κ1) is 16.0. The van der Waals surface area contributed by atoms with Gasteiger partial charge in [-0.05, 0) is 48.9 Å². The summed E-state index contributed by atoms with van der Waals surface area (Å²) in [7, 11) is 0. The summed E-state index contributed by atoms with van der Waals surface area (Å²) in [6, 6.07) is 11.8. The van der Waals surface area contributed by atoms with Gasteiger partial charge in [-0.3, -0.25) is 0 Å². The zero-order chi connectivity index (χ0) is 17.4. The van der Waals surface area contributed by atoms with Gasteiger partial charge in [-0.15, -0.1) is 5.10 Å². The van der Waals surface area contributed by atoms with E-state index in [2.05, 4.69) is 17.0 Å². The van der Waals surface area contributed by atoms with E-state index in [0.717, 1.165) is 47.2 Å². The average molecular weight is 355 g/mol. The van der Waals surface area contributed by atoms with Crippen LogP contribution in [0.1, 0.15) is 25.6 Å². The van der Waals surface area contributed by atoms with Gasteiger partial charge in [0.05, 0.1) is 5.52 Å². The van der Waals surface area contributed by atoms with Crippen LogP contribution in [-0.2, 0) is 6.42 Å². The van der Waals surface area contributed by atoms with Crippen LogP contribution in [0.25, 0.3) is 27.9 Å². The molecule has 0 saturated heterocycles. The molecular weight excluding hydrogens is 339 g/mol. The molecular formula is C19H16ClFN4. The molecule has 0 aliphatic heterocycles. The van der Waals surface area contributed by atoms with Crippen LogP contribution in [0.5, 0.6) is 0 Å². The number of benzene rings is 2. The standard InChI is InChI=1S/C19H16ClFN4/c1-2-3-4-17-22-16-10-7-13(20)11-15(16)19-23-18(24-25(17)19)12-5-8-14(21)9-6-12/h5-11H,2-4H2,1H3. The van der Waals surface area contributed by atoms with E-state index in [4.69, 9.17) is 16.6 Å². The Morgan fingerprint density at radius 3 is 2.64 bits per heavy atom. The maximum absolute atomic E-state index is 13.2. The molecule has 126 valence electrons. The number of aryl methyl sites for hydroxylation is 1. The lowest BCUT2D eigenvalue weighted by atomic mass is 10.2. The summed E-state index contributed by atoms with van der Waals surface area (Å²) in [5, 5.41) is 6.11. The molecule has 0 atom stereocenters. The van der Waals surface area contributed by atoms with Crippen LogP contribution in [0.2, 0.25) is 5.02 Å². The molecule has 6 heteroatoms. The fourth-order valence-corrected chi connectivity index (χ4v) is 3.03. The molecule has 0 bridgehead atoms. The van der Waals surface area contributed by atoms with Crippen LogP contribution in [0.15, 0.2) is 42.5 Å². The summed E-state index contributed by atoms with van der Waals surface area (Å²) in [6.07, 6.45) is 2.91. The Morgan fingerprint density at radius 2 is 1.88 bits per heavy atom. The fourth-order valence-electron chi connectivity index (χ4n) is 2.86. The SMILES string of the molecule is CCCCc1nc2ccc(Cl)cc2c2nc(-c3ccc(F)cc3)nn12. The van der Waals surface area contributed by atoms with Gasteiger partial charge in [0, 0.05) is 22.4 Å². The second-order valence-electron chi connectivity index (χ2n) is 5.97. The summed E-state index contributed by atoms with van der Waals surface area (Å²) in [5.74, 6) is 1.13. The summed E-state index contributed by atoms with van der Waals surface area (Å²) >= 11 is 6.16. The third kappa shape index (κ3) is 2.96. The minimum atomic E-state index is -0.282. The predicted octanol–water partition coefficient (Wildman–Crippen LogP) is 5.08. The van der Waals surface area contributed by atoms with E-state index in [1.54, 1.807) is 16.6 Å². The van der Waals surface area contributed by atoms with E-state index in [1.807, 2.05) is 18.2 Å². The molecule has 0 radical (unpaired) electrons. The zero-order valence-corrected chi connectivity index (χ0v) is 14.5. The van der Waals surface area contributed by atoms with Gasteiger partial charge in [0.1, 0.15) is 11.6 Å². The van der Waals surface area contributed by atoms with Gasteiger partial charge < -0.3 is 0 Å². The third-order valence-electron chi connectivity index (χ3n) is 4.16. The number of halogens is 2. The van der Waals surface area contributed by atoms with Crippen molar-refractivity contribution in [1.82, 2.24) is 19.6 Å². The molecule has 0 amide bonds. The lowest BCUT2D eigenvalue weighted by Gasteiger charge is -2.06. The van der Waals surface area contributed by atoms with Gasteiger partial charge >= 0.3 is 0 Å². The third-order valence-corrected chi connectivity index (χ3v) is 4.39. The first-order valence-electron chi connectivity index (χ1n) is 8.26. The van der Waals surface area contributed by atoms with Crippen molar-refractivity contribution in [3.63, 3.8) is 0 Å². The van der Waals surface area contributed by atoms with Crippen LogP contribution >= 0.6 is 11.6 Å². The van der Waals surface area contributed by atoms with Crippen molar-refractivity contribution in [1.29, 1.82) is 0 Å². The number of nitrogens with zero attached hydrogens (tertiary/aromatic N) is 4. The molecule has 0 aliphatic rings. The van der Waals surface area contributed by atoms with E-state index in [0.29, 0.717) is 10.8 Å². The molecule has 25 heavy (non-hydrogen) atoms. The summed E-state index contributed by atoms with van der Waals surface area (Å²) in [4.78, 5) is 9.43. The van der Waals surface area contributed by atoms with Crippen LogP contribution < -0.4 is 0 Å². The quantitative estimate of drug-likeness (QED) is 0.513. The Morgan fingerprint density at radius 1 is 1.08 bits per heavy atom. The van der Waals surface area contributed by atoms with Crippen molar-refractivity contribution in [3.05, 3.63) is 59.1 Å². The Balaban J connectivity index is 1.97. The van der Waals surface area contributed by atoms with E-state index in [9.17, 15) is 4.39 Å². The molecule has 0 aliphatic carbocycles. The van der Waals surface area contributed by atoms with E-state index >= 15 is 0 Å². The Bertz CT molecular complexity index is 1060. The number of fused-ring (bicyclic) bond motifs is 3. The highest BCUT2D eigenvalue weighted by atomic mass is 35.5. The van der Waals surface area contributed by atoms with Crippen molar-refractivity contribution in [2.75, 3.05) is 0 Å². The maximum atomic E-state index is 13.2. The fraction of sp³-hybridized carbons (Fsp3) is 0.211. The number of aromatic nitrogens is 4. The van der Waals surface area contributed by atoms with Gasteiger partial charge in [-0.25, -0.2) is 14.4 Å². The molecule has 0 unspecified atom stereocenters. The van der Waals surface area contributed by atoms with Crippen molar-refractivity contribution in [3.8, 4) is 11.4 Å². The Kier molecular flexibility index (Phi) is 4.09. The van der Waals surface area contributed by atoms with E-state index < -0.39 is 0 Å². The Hall–Kier alpha value is -2.53. The molecule has 0 fully saturated rings. The molecule has 2 aromatic carbocycles. The molecule has 2 heterocycles. The highest BCUT2D eigenvalue weighted by molar-refractivity contribution is 6.31. The topological polar surface area (TPSA) is 43.1 Å².